The maximum absolute atomic E-state index is 13.6. The molecule has 5 heteroatoms. The van der Waals surface area contributed by atoms with Gasteiger partial charge < -0.3 is 4.90 Å². The fraction of sp³-hybridized carbons (Fsp3) is 0.455. The molecule has 0 N–H and O–H groups in total. The monoisotopic (exact) mass is 367 g/mol. The Morgan fingerprint density at radius 3 is 2.59 bits per heavy atom. The molecule has 142 valence electrons. The van der Waals surface area contributed by atoms with Gasteiger partial charge in [-0.2, -0.15) is 0 Å². The van der Waals surface area contributed by atoms with Gasteiger partial charge >= 0.3 is 0 Å². The van der Waals surface area contributed by atoms with Crippen molar-refractivity contribution in [2.24, 2.45) is 0 Å². The smallest absolute Gasteiger partial charge is 0.253 e. The van der Waals surface area contributed by atoms with E-state index in [1.165, 1.54) is 18.9 Å². The second-order valence-corrected chi connectivity index (χ2v) is 7.76. The van der Waals surface area contributed by atoms with Crippen LogP contribution in [0.2, 0.25) is 0 Å². The number of nitrogens with zero attached hydrogens (tertiary/aromatic N) is 3. The predicted octanol–water partition coefficient (Wildman–Crippen LogP) is 3.88. The normalized spacial score (nSPS) is 23.5. The molecule has 0 radical (unpaired) electrons. The topological polar surface area (TPSA) is 36.4 Å². The van der Waals surface area contributed by atoms with Crippen molar-refractivity contribution in [2.75, 3.05) is 19.6 Å². The first-order valence-corrected chi connectivity index (χ1v) is 9.85. The summed E-state index contributed by atoms with van der Waals surface area (Å²) in [6.07, 6.45) is 8.78. The van der Waals surface area contributed by atoms with E-state index in [0.29, 0.717) is 5.56 Å². The third-order valence-corrected chi connectivity index (χ3v) is 6.14. The lowest BCUT2D eigenvalue weighted by Crippen LogP contribution is -2.44. The number of hydrogen-bond acceptors (Lipinski definition) is 3. The van der Waals surface area contributed by atoms with Crippen LogP contribution in [0.15, 0.2) is 48.8 Å². The van der Waals surface area contributed by atoms with Crippen molar-refractivity contribution in [1.82, 2.24) is 14.8 Å². The molecule has 0 bridgehead atoms. The van der Waals surface area contributed by atoms with Crippen LogP contribution < -0.4 is 0 Å². The standard InChI is InChI=1S/C22H26FN3O/c23-20-5-1-4-18(16-20)17-26-14-3-9-22(26)8-2-13-25(15-10-22)21(27)19-6-11-24-12-7-19/h1,4-7,11-12,16H,2-3,8-10,13-15,17H2/t22-/m0/s1. The average molecular weight is 367 g/mol. The molecule has 1 aromatic heterocycles. The minimum atomic E-state index is -0.171. The quantitative estimate of drug-likeness (QED) is 0.826. The zero-order valence-electron chi connectivity index (χ0n) is 15.6. The number of rotatable bonds is 3. The first kappa shape index (κ1) is 18.1. The van der Waals surface area contributed by atoms with Gasteiger partial charge in [0.05, 0.1) is 0 Å². The van der Waals surface area contributed by atoms with Crippen LogP contribution >= 0.6 is 0 Å². The van der Waals surface area contributed by atoms with Gasteiger partial charge in [0.1, 0.15) is 5.82 Å². The Morgan fingerprint density at radius 2 is 1.81 bits per heavy atom. The highest BCUT2D eigenvalue weighted by Crippen LogP contribution is 2.39. The van der Waals surface area contributed by atoms with E-state index in [4.69, 9.17) is 0 Å². The van der Waals surface area contributed by atoms with Crippen LogP contribution in [0.4, 0.5) is 4.39 Å². The molecule has 0 aliphatic carbocycles. The lowest BCUT2D eigenvalue weighted by atomic mass is 9.87. The Balaban J connectivity index is 1.46. The molecule has 27 heavy (non-hydrogen) atoms. The molecule has 3 heterocycles. The Kier molecular flexibility index (Phi) is 5.21. The SMILES string of the molecule is O=C(c1ccncc1)N1CCC[C@]2(CCCN2Cc2cccc(F)c2)CC1. The number of halogens is 1. The predicted molar refractivity (Wildman–Crippen MR) is 103 cm³/mol. The second kappa shape index (κ2) is 7.77. The van der Waals surface area contributed by atoms with Crippen molar-refractivity contribution in [2.45, 2.75) is 44.2 Å². The Hall–Kier alpha value is -2.27. The number of hydrogen-bond donors (Lipinski definition) is 0. The van der Waals surface area contributed by atoms with Crippen LogP contribution in [0.25, 0.3) is 0 Å². The number of amides is 1. The minimum absolute atomic E-state index is 0.101. The number of carbonyl (C=O) groups excluding carboxylic acids is 1. The number of likely N-dealkylation sites (tertiary alicyclic amines) is 2. The molecule has 0 saturated carbocycles. The number of aromatic nitrogens is 1. The molecule has 1 atom stereocenters. The molecule has 4 rings (SSSR count). The molecule has 2 aromatic rings. The summed E-state index contributed by atoms with van der Waals surface area (Å²) in [5.74, 6) is -0.0696. The van der Waals surface area contributed by atoms with Crippen LogP contribution in [-0.2, 0) is 6.54 Å². The van der Waals surface area contributed by atoms with Gasteiger partial charge in [-0.3, -0.25) is 14.7 Å². The Labute approximate surface area is 160 Å². The van der Waals surface area contributed by atoms with Gasteiger partial charge in [-0.15, -0.1) is 0 Å². The molecule has 2 saturated heterocycles. The molecule has 2 fully saturated rings. The molecular formula is C22H26FN3O. The summed E-state index contributed by atoms with van der Waals surface area (Å²) in [4.78, 5) is 21.3. The first-order valence-electron chi connectivity index (χ1n) is 9.85. The minimum Gasteiger partial charge on any atom is -0.339 e. The number of benzene rings is 1. The molecule has 1 aromatic carbocycles. The van der Waals surface area contributed by atoms with Crippen molar-refractivity contribution in [3.8, 4) is 0 Å². The van der Waals surface area contributed by atoms with E-state index in [1.807, 2.05) is 11.0 Å². The molecule has 1 amide bonds. The van der Waals surface area contributed by atoms with Gasteiger partial charge in [0, 0.05) is 43.1 Å². The Morgan fingerprint density at radius 1 is 1.04 bits per heavy atom. The van der Waals surface area contributed by atoms with E-state index in [-0.39, 0.29) is 17.3 Å². The van der Waals surface area contributed by atoms with Gasteiger partial charge in [-0.1, -0.05) is 12.1 Å². The fourth-order valence-electron chi connectivity index (χ4n) is 4.72. The molecule has 0 unspecified atom stereocenters. The number of carbonyl (C=O) groups is 1. The van der Waals surface area contributed by atoms with E-state index in [1.54, 1.807) is 36.7 Å². The third-order valence-electron chi connectivity index (χ3n) is 6.14. The van der Waals surface area contributed by atoms with Gasteiger partial charge in [0.15, 0.2) is 0 Å². The van der Waals surface area contributed by atoms with Gasteiger partial charge in [0.2, 0.25) is 0 Å². The zero-order chi connectivity index (χ0) is 18.7. The Bertz CT molecular complexity index is 797. The summed E-state index contributed by atoms with van der Waals surface area (Å²) in [7, 11) is 0. The third kappa shape index (κ3) is 3.88. The van der Waals surface area contributed by atoms with E-state index < -0.39 is 0 Å². The van der Waals surface area contributed by atoms with Crippen LogP contribution in [0.3, 0.4) is 0 Å². The van der Waals surface area contributed by atoms with Crippen LogP contribution in [0.1, 0.15) is 48.0 Å². The highest BCUT2D eigenvalue weighted by molar-refractivity contribution is 5.94. The summed E-state index contributed by atoms with van der Waals surface area (Å²) in [5.41, 5.74) is 1.88. The molecule has 2 aliphatic rings. The van der Waals surface area contributed by atoms with E-state index in [0.717, 1.165) is 51.0 Å². The van der Waals surface area contributed by atoms with Crippen LogP contribution in [0, 0.1) is 5.82 Å². The van der Waals surface area contributed by atoms with Crippen LogP contribution in [-0.4, -0.2) is 45.9 Å². The summed E-state index contributed by atoms with van der Waals surface area (Å²) < 4.78 is 13.6. The van der Waals surface area contributed by atoms with Crippen molar-refractivity contribution in [3.63, 3.8) is 0 Å². The highest BCUT2D eigenvalue weighted by atomic mass is 19.1. The second-order valence-electron chi connectivity index (χ2n) is 7.76. The van der Waals surface area contributed by atoms with E-state index >= 15 is 0 Å². The maximum Gasteiger partial charge on any atom is 0.253 e. The lowest BCUT2D eigenvalue weighted by molar-refractivity contribution is 0.0738. The number of pyridine rings is 1. The van der Waals surface area contributed by atoms with E-state index in [2.05, 4.69) is 9.88 Å². The van der Waals surface area contributed by atoms with Crippen molar-refractivity contribution >= 4 is 5.91 Å². The van der Waals surface area contributed by atoms with Gasteiger partial charge in [0.25, 0.3) is 5.91 Å². The largest absolute Gasteiger partial charge is 0.339 e. The van der Waals surface area contributed by atoms with Crippen LogP contribution in [0.5, 0.6) is 0 Å². The molecule has 2 aliphatic heterocycles. The summed E-state index contributed by atoms with van der Waals surface area (Å²) in [6.45, 7) is 3.42. The summed E-state index contributed by atoms with van der Waals surface area (Å²) >= 11 is 0. The van der Waals surface area contributed by atoms with Gasteiger partial charge in [-0.25, -0.2) is 4.39 Å². The lowest BCUT2D eigenvalue weighted by Gasteiger charge is -2.38. The molecular weight excluding hydrogens is 341 g/mol. The van der Waals surface area contributed by atoms with E-state index in [9.17, 15) is 9.18 Å². The fourth-order valence-corrected chi connectivity index (χ4v) is 4.72. The van der Waals surface area contributed by atoms with Crippen molar-refractivity contribution in [3.05, 3.63) is 65.7 Å². The molecule has 4 nitrogen and oxygen atoms in total. The van der Waals surface area contributed by atoms with Crippen molar-refractivity contribution < 1.29 is 9.18 Å². The summed E-state index contributed by atoms with van der Waals surface area (Å²) in [6, 6.07) is 10.5. The summed E-state index contributed by atoms with van der Waals surface area (Å²) in [5, 5.41) is 0. The zero-order valence-corrected chi connectivity index (χ0v) is 15.6. The first-order chi connectivity index (χ1) is 13.2. The maximum atomic E-state index is 13.6. The van der Waals surface area contributed by atoms with Gasteiger partial charge in [-0.05, 0) is 68.5 Å². The molecule has 1 spiro atoms. The van der Waals surface area contributed by atoms with Crippen molar-refractivity contribution in [1.29, 1.82) is 0 Å². The highest BCUT2D eigenvalue weighted by Gasteiger charge is 2.42. The average Bonchev–Trinajstić information content (AvgIpc) is 2.93.